The third-order valence-electron chi connectivity index (χ3n) is 6.69. The van der Waals surface area contributed by atoms with Gasteiger partial charge in [-0.15, -0.1) is 0 Å². The van der Waals surface area contributed by atoms with Crippen molar-refractivity contribution in [3.05, 3.63) is 182 Å². The second-order valence-electron chi connectivity index (χ2n) is 9.32. The fraction of sp³-hybridized carbons (Fsp3) is 0. The molecule has 0 aromatic heterocycles. The van der Waals surface area contributed by atoms with Crippen molar-refractivity contribution in [3.8, 4) is 0 Å². The lowest BCUT2D eigenvalue weighted by Crippen LogP contribution is -2.59. The topological polar surface area (TPSA) is 9.72 Å². The summed E-state index contributed by atoms with van der Waals surface area (Å²) in [6, 6.07) is 64.4. The zero-order chi connectivity index (χ0) is 27.0. The van der Waals surface area contributed by atoms with Gasteiger partial charge in [0.1, 0.15) is 0 Å². The molecule has 0 unspecified atom stereocenters. The van der Waals surface area contributed by atoms with Crippen LogP contribution in [-0.4, -0.2) is 9.28 Å². The first-order valence-electron chi connectivity index (χ1n) is 13.5. The van der Waals surface area contributed by atoms with Gasteiger partial charge in [0.25, 0.3) is 0 Å². The van der Waals surface area contributed by atoms with E-state index in [1.54, 1.807) is 0 Å². The Morgan fingerprint density at radius 1 is 0.225 bits per heavy atom. The summed E-state index contributed by atoms with van der Waals surface area (Å²) in [5, 5.41) is 0. The summed E-state index contributed by atoms with van der Waals surface area (Å²) in [5.74, 6) is 0. The van der Waals surface area contributed by atoms with Gasteiger partial charge in [-0.05, 0) is 72.8 Å². The molecule has 0 aliphatic rings. The molecule has 0 N–H and O–H groups in total. The predicted molar refractivity (Wildman–Crippen MR) is 171 cm³/mol. The van der Waals surface area contributed by atoms with Crippen LogP contribution in [0.25, 0.3) is 0 Å². The largest absolute Gasteiger partial charge is 0.450 e. The summed E-state index contributed by atoms with van der Waals surface area (Å²) in [7, 11) is -1.87. The summed E-state index contributed by atoms with van der Waals surface area (Å²) in [5.41, 5.74) is 6.81. The molecule has 6 aromatic carbocycles. The normalized spacial score (nSPS) is 10.7. The van der Waals surface area contributed by atoms with Crippen molar-refractivity contribution in [1.82, 2.24) is 0 Å². The number of hydrogen-bond donors (Lipinski definition) is 0. The lowest BCUT2D eigenvalue weighted by molar-refractivity contribution is 1.20. The van der Waals surface area contributed by atoms with Gasteiger partial charge < -0.3 is 13.7 Å². The minimum atomic E-state index is -1.87. The number of hydrogen-bond acceptors (Lipinski definition) is 3. The Hall–Kier alpha value is -5.06. The van der Waals surface area contributed by atoms with Gasteiger partial charge in [0.2, 0.25) is 0 Å². The van der Waals surface area contributed by atoms with E-state index in [1.807, 2.05) is 0 Å². The fourth-order valence-corrected chi connectivity index (χ4v) is 7.78. The van der Waals surface area contributed by atoms with Crippen molar-refractivity contribution in [2.75, 3.05) is 13.7 Å². The molecule has 6 aromatic rings. The van der Waals surface area contributed by atoms with E-state index < -0.39 is 9.28 Å². The molecule has 0 spiro atoms. The van der Waals surface area contributed by atoms with Crippen LogP contribution in [0.3, 0.4) is 0 Å². The summed E-state index contributed by atoms with van der Waals surface area (Å²) >= 11 is 0. The highest BCUT2D eigenvalue weighted by atomic mass is 28.3. The van der Waals surface area contributed by atoms with Gasteiger partial charge in [0.05, 0.1) is 0 Å². The zero-order valence-electron chi connectivity index (χ0n) is 22.2. The van der Waals surface area contributed by atoms with Crippen LogP contribution < -0.4 is 13.7 Å². The Bertz CT molecular complexity index is 1270. The molecule has 1 radical (unpaired) electrons. The van der Waals surface area contributed by atoms with Gasteiger partial charge in [0.15, 0.2) is 0 Å². The van der Waals surface area contributed by atoms with Crippen LogP contribution in [0.4, 0.5) is 34.1 Å². The number of rotatable bonds is 9. The Balaban J connectivity index is 1.69. The van der Waals surface area contributed by atoms with E-state index in [2.05, 4.69) is 196 Å². The van der Waals surface area contributed by atoms with Crippen LogP contribution in [0, 0.1) is 0 Å². The van der Waals surface area contributed by atoms with E-state index in [1.165, 1.54) is 0 Å². The van der Waals surface area contributed by atoms with Crippen LogP contribution in [0.15, 0.2) is 182 Å². The average Bonchev–Trinajstić information content (AvgIpc) is 3.04. The molecular weight excluding hydrogens is 503 g/mol. The molecule has 0 heterocycles. The Labute approximate surface area is 238 Å². The lowest BCUT2D eigenvalue weighted by Gasteiger charge is -2.45. The Morgan fingerprint density at radius 3 is 0.525 bits per heavy atom. The number of benzene rings is 6. The maximum atomic E-state index is 2.52. The number of nitrogens with zero attached hydrogens (tertiary/aromatic N) is 3. The quantitative estimate of drug-likeness (QED) is 0.172. The first-order valence-corrected chi connectivity index (χ1v) is 14.8. The van der Waals surface area contributed by atoms with Crippen LogP contribution >= 0.6 is 0 Å². The maximum absolute atomic E-state index is 2.52. The van der Waals surface area contributed by atoms with Crippen LogP contribution in [0.2, 0.25) is 0 Å². The summed E-state index contributed by atoms with van der Waals surface area (Å²) in [6.45, 7) is 0. The molecule has 0 aliphatic carbocycles. The van der Waals surface area contributed by atoms with Gasteiger partial charge >= 0.3 is 9.28 Å². The molecule has 3 nitrogen and oxygen atoms in total. The standard InChI is InChI=1S/C36H30N3Si/c1-7-19-31(20-8-1)37(32-21-9-2-10-22-32)40(38(33-23-11-3-12-24-33)34-25-13-4-14-26-34)39(35-27-15-5-16-28-35)36-29-17-6-18-30-36/h1-30H. The zero-order valence-corrected chi connectivity index (χ0v) is 23.2. The minimum Gasteiger partial charge on any atom is -0.332 e. The van der Waals surface area contributed by atoms with Crippen LogP contribution in [0.1, 0.15) is 0 Å². The third-order valence-corrected chi connectivity index (χ3v) is 9.44. The van der Waals surface area contributed by atoms with E-state index in [4.69, 9.17) is 0 Å². The van der Waals surface area contributed by atoms with E-state index in [9.17, 15) is 0 Å². The van der Waals surface area contributed by atoms with Crippen molar-refractivity contribution in [3.63, 3.8) is 0 Å². The van der Waals surface area contributed by atoms with Gasteiger partial charge in [-0.2, -0.15) is 0 Å². The molecule has 0 aliphatic heterocycles. The van der Waals surface area contributed by atoms with E-state index in [-0.39, 0.29) is 0 Å². The SMILES string of the molecule is c1ccc(N(c2ccccc2)[Si](N(c2ccccc2)c2ccccc2)N(c2ccccc2)c2ccccc2)cc1. The molecule has 0 saturated carbocycles. The predicted octanol–water partition coefficient (Wildman–Crippen LogP) is 9.49. The summed E-state index contributed by atoms with van der Waals surface area (Å²) in [6.07, 6.45) is 0. The van der Waals surface area contributed by atoms with Crippen molar-refractivity contribution < 1.29 is 0 Å². The molecule has 0 bridgehead atoms. The van der Waals surface area contributed by atoms with Crippen molar-refractivity contribution in [2.45, 2.75) is 0 Å². The van der Waals surface area contributed by atoms with Crippen LogP contribution in [-0.2, 0) is 0 Å². The van der Waals surface area contributed by atoms with E-state index in [0.717, 1.165) is 34.1 Å². The fourth-order valence-electron chi connectivity index (χ4n) is 4.90. The Morgan fingerprint density at radius 2 is 0.375 bits per heavy atom. The molecule has 0 saturated heterocycles. The average molecular weight is 533 g/mol. The minimum absolute atomic E-state index is 1.14. The summed E-state index contributed by atoms with van der Waals surface area (Å²) in [4.78, 5) is 0. The molecule has 0 amide bonds. The van der Waals surface area contributed by atoms with Crippen molar-refractivity contribution >= 4 is 43.4 Å². The third kappa shape index (κ3) is 5.39. The first kappa shape index (κ1) is 25.2. The maximum Gasteiger partial charge on any atom is 0.450 e. The van der Waals surface area contributed by atoms with E-state index in [0.29, 0.717) is 0 Å². The first-order chi connectivity index (χ1) is 19.9. The van der Waals surface area contributed by atoms with Gasteiger partial charge in [0, 0.05) is 34.1 Å². The lowest BCUT2D eigenvalue weighted by atomic mass is 10.2. The molecule has 193 valence electrons. The van der Waals surface area contributed by atoms with E-state index >= 15 is 0 Å². The number of para-hydroxylation sites is 6. The molecular formula is C36H30N3Si. The van der Waals surface area contributed by atoms with Gasteiger partial charge in [-0.3, -0.25) is 0 Å². The molecule has 6 rings (SSSR count). The number of anilines is 6. The van der Waals surface area contributed by atoms with Crippen molar-refractivity contribution in [2.24, 2.45) is 0 Å². The molecule has 0 atom stereocenters. The molecule has 4 heteroatoms. The van der Waals surface area contributed by atoms with Crippen LogP contribution in [0.5, 0.6) is 0 Å². The summed E-state index contributed by atoms with van der Waals surface area (Å²) < 4.78 is 7.56. The molecule has 40 heavy (non-hydrogen) atoms. The second-order valence-corrected chi connectivity index (χ2v) is 11.3. The smallest absolute Gasteiger partial charge is 0.332 e. The van der Waals surface area contributed by atoms with Crippen molar-refractivity contribution in [1.29, 1.82) is 0 Å². The van der Waals surface area contributed by atoms with Gasteiger partial charge in [-0.1, -0.05) is 109 Å². The Kier molecular flexibility index (Phi) is 7.69. The highest BCUT2D eigenvalue weighted by Gasteiger charge is 2.40. The highest BCUT2D eigenvalue weighted by Crippen LogP contribution is 2.39. The highest BCUT2D eigenvalue weighted by molar-refractivity contribution is 6.75. The van der Waals surface area contributed by atoms with Gasteiger partial charge in [-0.25, -0.2) is 0 Å². The monoisotopic (exact) mass is 532 g/mol. The second kappa shape index (κ2) is 12.2. The molecule has 0 fully saturated rings.